The van der Waals surface area contributed by atoms with Crippen LogP contribution < -0.4 is 0 Å². The van der Waals surface area contributed by atoms with Crippen LogP contribution in [0.25, 0.3) is 21.8 Å². The second-order valence-corrected chi connectivity index (χ2v) is 4.74. The third-order valence-corrected chi connectivity index (χ3v) is 3.29. The van der Waals surface area contributed by atoms with E-state index in [1.165, 1.54) is 0 Å². The summed E-state index contributed by atoms with van der Waals surface area (Å²) in [6.07, 6.45) is 0. The molecule has 2 aromatic carbocycles. The van der Waals surface area contributed by atoms with Gasteiger partial charge in [-0.3, -0.25) is 4.79 Å². The molecule has 5 heteroatoms. The molecule has 3 rings (SSSR count). The Morgan fingerprint density at radius 2 is 1.76 bits per heavy atom. The summed E-state index contributed by atoms with van der Waals surface area (Å²) in [5.41, 5.74) is 2.48. The Bertz CT molecular complexity index is 835. The maximum atomic E-state index is 12.0. The zero-order valence-electron chi connectivity index (χ0n) is 11.1. The number of carbonyl (C=O) groups is 2. The number of hydrogen-bond donors (Lipinski definition) is 2. The first-order valence-corrected chi connectivity index (χ1v) is 6.48. The standard InChI is InChI=1S/C16H13NO4/c18-15(8-21-9-16(19)20)10-5-6-14-12(7-10)11-3-1-2-4-13(11)17-14/h1-7,17H,8-9H2,(H,19,20). The molecule has 0 saturated carbocycles. The quantitative estimate of drug-likeness (QED) is 0.705. The van der Waals surface area contributed by atoms with Gasteiger partial charge in [0.2, 0.25) is 0 Å². The van der Waals surface area contributed by atoms with E-state index in [1.807, 2.05) is 30.3 Å². The predicted octanol–water partition coefficient (Wildman–Crippen LogP) is 2.61. The number of aromatic amines is 1. The first-order valence-electron chi connectivity index (χ1n) is 6.48. The summed E-state index contributed by atoms with van der Waals surface area (Å²) >= 11 is 0. The largest absolute Gasteiger partial charge is 0.480 e. The fourth-order valence-corrected chi connectivity index (χ4v) is 2.34. The summed E-state index contributed by atoms with van der Waals surface area (Å²) in [7, 11) is 0. The van der Waals surface area contributed by atoms with Gasteiger partial charge in [0.05, 0.1) is 0 Å². The van der Waals surface area contributed by atoms with Crippen molar-refractivity contribution >= 4 is 33.6 Å². The fraction of sp³-hybridized carbons (Fsp3) is 0.125. The predicted molar refractivity (Wildman–Crippen MR) is 78.6 cm³/mol. The fourth-order valence-electron chi connectivity index (χ4n) is 2.34. The number of ether oxygens (including phenoxy) is 1. The number of carboxylic acid groups (broad SMARTS) is 1. The second kappa shape index (κ2) is 5.38. The first kappa shape index (κ1) is 13.3. The smallest absolute Gasteiger partial charge is 0.329 e. The number of carboxylic acids is 1. The van der Waals surface area contributed by atoms with Crippen LogP contribution >= 0.6 is 0 Å². The molecular formula is C16H13NO4. The molecule has 0 aliphatic carbocycles. The molecule has 0 amide bonds. The van der Waals surface area contributed by atoms with Gasteiger partial charge in [0, 0.05) is 27.4 Å². The Morgan fingerprint density at radius 1 is 1.00 bits per heavy atom. The van der Waals surface area contributed by atoms with Crippen molar-refractivity contribution in [3.8, 4) is 0 Å². The van der Waals surface area contributed by atoms with E-state index in [1.54, 1.807) is 12.1 Å². The molecule has 0 spiro atoms. The molecule has 0 saturated heterocycles. The average molecular weight is 283 g/mol. The molecule has 0 radical (unpaired) electrons. The number of H-pyrrole nitrogens is 1. The van der Waals surface area contributed by atoms with Crippen molar-refractivity contribution in [2.75, 3.05) is 13.2 Å². The molecule has 5 nitrogen and oxygen atoms in total. The van der Waals surface area contributed by atoms with Gasteiger partial charge in [0.1, 0.15) is 13.2 Å². The molecular weight excluding hydrogens is 270 g/mol. The van der Waals surface area contributed by atoms with E-state index in [2.05, 4.69) is 4.98 Å². The Labute approximate surface area is 120 Å². The highest BCUT2D eigenvalue weighted by molar-refractivity contribution is 6.10. The minimum atomic E-state index is -1.09. The van der Waals surface area contributed by atoms with Crippen LogP contribution in [-0.4, -0.2) is 35.1 Å². The van der Waals surface area contributed by atoms with Crippen molar-refractivity contribution in [1.82, 2.24) is 4.98 Å². The number of hydrogen-bond acceptors (Lipinski definition) is 3. The number of ketones is 1. The highest BCUT2D eigenvalue weighted by atomic mass is 16.5. The number of fused-ring (bicyclic) bond motifs is 3. The van der Waals surface area contributed by atoms with Crippen molar-refractivity contribution in [3.63, 3.8) is 0 Å². The SMILES string of the molecule is O=C(O)COCC(=O)c1ccc2[nH]c3ccccc3c2c1. The van der Waals surface area contributed by atoms with E-state index < -0.39 is 12.6 Å². The molecule has 0 fully saturated rings. The topological polar surface area (TPSA) is 79.4 Å². The number of nitrogens with one attached hydrogen (secondary N) is 1. The van der Waals surface area contributed by atoms with E-state index in [0.717, 1.165) is 21.8 Å². The van der Waals surface area contributed by atoms with Gasteiger partial charge in [-0.15, -0.1) is 0 Å². The third-order valence-electron chi connectivity index (χ3n) is 3.29. The van der Waals surface area contributed by atoms with Crippen LogP contribution in [0, 0.1) is 0 Å². The monoisotopic (exact) mass is 283 g/mol. The van der Waals surface area contributed by atoms with Crippen molar-refractivity contribution in [2.24, 2.45) is 0 Å². The van der Waals surface area contributed by atoms with E-state index in [-0.39, 0.29) is 12.4 Å². The molecule has 3 aromatic rings. The minimum absolute atomic E-state index is 0.233. The van der Waals surface area contributed by atoms with Crippen LogP contribution in [0.1, 0.15) is 10.4 Å². The van der Waals surface area contributed by atoms with E-state index in [0.29, 0.717) is 5.56 Å². The lowest BCUT2D eigenvalue weighted by molar-refractivity contribution is -0.141. The normalized spacial score (nSPS) is 11.0. The van der Waals surface area contributed by atoms with Gasteiger partial charge < -0.3 is 14.8 Å². The number of Topliss-reactive ketones (excluding diaryl/α,β-unsaturated/α-hetero) is 1. The van der Waals surface area contributed by atoms with Gasteiger partial charge in [-0.1, -0.05) is 18.2 Å². The average Bonchev–Trinajstić information content (AvgIpc) is 2.84. The van der Waals surface area contributed by atoms with Gasteiger partial charge in [0.15, 0.2) is 5.78 Å². The molecule has 2 N–H and O–H groups in total. The van der Waals surface area contributed by atoms with Gasteiger partial charge in [-0.05, 0) is 24.3 Å². The van der Waals surface area contributed by atoms with Crippen LogP contribution in [0.2, 0.25) is 0 Å². The molecule has 21 heavy (non-hydrogen) atoms. The lowest BCUT2D eigenvalue weighted by Gasteiger charge is -2.02. The Balaban J connectivity index is 1.91. The van der Waals surface area contributed by atoms with Gasteiger partial charge in [-0.25, -0.2) is 4.79 Å². The van der Waals surface area contributed by atoms with Crippen molar-refractivity contribution in [3.05, 3.63) is 48.0 Å². The molecule has 106 valence electrons. The number of carbonyl (C=O) groups excluding carboxylic acids is 1. The number of para-hydroxylation sites is 1. The highest BCUT2D eigenvalue weighted by Gasteiger charge is 2.10. The minimum Gasteiger partial charge on any atom is -0.480 e. The first-order chi connectivity index (χ1) is 10.1. The summed E-state index contributed by atoms with van der Waals surface area (Å²) in [4.78, 5) is 25.6. The van der Waals surface area contributed by atoms with Crippen molar-refractivity contribution in [2.45, 2.75) is 0 Å². The van der Waals surface area contributed by atoms with Crippen molar-refractivity contribution < 1.29 is 19.4 Å². The lowest BCUT2D eigenvalue weighted by atomic mass is 10.1. The van der Waals surface area contributed by atoms with Crippen LogP contribution in [0.3, 0.4) is 0 Å². The van der Waals surface area contributed by atoms with Gasteiger partial charge in [-0.2, -0.15) is 0 Å². The number of aromatic nitrogens is 1. The maximum Gasteiger partial charge on any atom is 0.329 e. The Kier molecular flexibility index (Phi) is 3.41. The Morgan fingerprint density at radius 3 is 2.57 bits per heavy atom. The van der Waals surface area contributed by atoms with Crippen LogP contribution in [0.5, 0.6) is 0 Å². The zero-order valence-corrected chi connectivity index (χ0v) is 11.1. The van der Waals surface area contributed by atoms with Gasteiger partial charge in [0.25, 0.3) is 0 Å². The second-order valence-electron chi connectivity index (χ2n) is 4.74. The molecule has 0 aliphatic rings. The summed E-state index contributed by atoms with van der Waals surface area (Å²) in [5, 5.41) is 10.5. The lowest BCUT2D eigenvalue weighted by Crippen LogP contribution is -2.14. The van der Waals surface area contributed by atoms with Crippen LogP contribution in [0.15, 0.2) is 42.5 Å². The molecule has 0 atom stereocenters. The molecule has 0 bridgehead atoms. The summed E-state index contributed by atoms with van der Waals surface area (Å²) in [5.74, 6) is -1.32. The van der Waals surface area contributed by atoms with E-state index >= 15 is 0 Å². The molecule has 1 heterocycles. The summed E-state index contributed by atoms with van der Waals surface area (Å²) in [6.45, 7) is -0.707. The molecule has 1 aromatic heterocycles. The Hall–Kier alpha value is -2.66. The molecule has 0 aliphatic heterocycles. The zero-order chi connectivity index (χ0) is 14.8. The van der Waals surface area contributed by atoms with E-state index in [4.69, 9.17) is 9.84 Å². The maximum absolute atomic E-state index is 12.0. The number of aliphatic carboxylic acids is 1. The van der Waals surface area contributed by atoms with E-state index in [9.17, 15) is 9.59 Å². The van der Waals surface area contributed by atoms with Crippen molar-refractivity contribution in [1.29, 1.82) is 0 Å². The highest BCUT2D eigenvalue weighted by Crippen LogP contribution is 2.26. The van der Waals surface area contributed by atoms with Crippen LogP contribution in [0.4, 0.5) is 0 Å². The molecule has 0 unspecified atom stereocenters. The van der Waals surface area contributed by atoms with Crippen LogP contribution in [-0.2, 0) is 9.53 Å². The third kappa shape index (κ3) is 2.64. The number of benzene rings is 2. The summed E-state index contributed by atoms with van der Waals surface area (Å²) in [6, 6.07) is 13.2. The van der Waals surface area contributed by atoms with Gasteiger partial charge >= 0.3 is 5.97 Å². The summed E-state index contributed by atoms with van der Waals surface area (Å²) < 4.78 is 4.84. The number of rotatable bonds is 5.